The Labute approximate surface area is 157 Å². The zero-order valence-corrected chi connectivity index (χ0v) is 14.8. The zero-order valence-electron chi connectivity index (χ0n) is 14.8. The van der Waals surface area contributed by atoms with E-state index in [0.717, 1.165) is 54.2 Å². The van der Waals surface area contributed by atoms with Crippen LogP contribution in [0.15, 0.2) is 59.5 Å². The lowest BCUT2D eigenvalue weighted by molar-refractivity contribution is 0.580. The Morgan fingerprint density at radius 1 is 0.667 bits per heavy atom. The summed E-state index contributed by atoms with van der Waals surface area (Å²) in [7, 11) is 0. The zero-order chi connectivity index (χ0) is 17.8. The SMILES string of the molecule is c1coc(-c2c3c(nc4c2CCc2cccnc2-4)-c2ncccc2CC3)c1. The molecule has 0 aliphatic heterocycles. The van der Waals surface area contributed by atoms with Gasteiger partial charge in [-0.2, -0.15) is 0 Å². The Morgan fingerprint density at radius 2 is 1.30 bits per heavy atom. The van der Waals surface area contributed by atoms with Crippen LogP contribution in [0.5, 0.6) is 0 Å². The standard InChI is InChI=1S/C23H17N3O/c1-4-14-7-9-16-19(18-6-3-13-27-18)17-10-8-15-5-2-12-25-21(15)23(17)26-22(16)20(14)24-11-1/h1-6,11-13H,7-10H2. The average molecular weight is 351 g/mol. The van der Waals surface area contributed by atoms with Crippen LogP contribution in [-0.2, 0) is 25.7 Å². The van der Waals surface area contributed by atoms with E-state index in [1.165, 1.54) is 27.8 Å². The van der Waals surface area contributed by atoms with E-state index in [4.69, 9.17) is 9.40 Å². The third kappa shape index (κ3) is 2.13. The van der Waals surface area contributed by atoms with E-state index in [1.807, 2.05) is 30.6 Å². The minimum Gasteiger partial charge on any atom is -0.464 e. The van der Waals surface area contributed by atoms with Crippen molar-refractivity contribution in [3.8, 4) is 34.1 Å². The Bertz CT molecular complexity index is 1100. The van der Waals surface area contributed by atoms with E-state index in [-0.39, 0.29) is 0 Å². The molecule has 4 aromatic rings. The molecule has 0 aromatic carbocycles. The van der Waals surface area contributed by atoms with E-state index in [0.29, 0.717) is 0 Å². The molecule has 0 radical (unpaired) electrons. The summed E-state index contributed by atoms with van der Waals surface area (Å²) in [6, 6.07) is 12.3. The molecular formula is C23H17N3O. The number of hydrogen-bond donors (Lipinski definition) is 0. The first kappa shape index (κ1) is 14.9. The van der Waals surface area contributed by atoms with Gasteiger partial charge in [-0.15, -0.1) is 0 Å². The molecule has 27 heavy (non-hydrogen) atoms. The summed E-state index contributed by atoms with van der Waals surface area (Å²) in [5, 5.41) is 0. The first-order valence-electron chi connectivity index (χ1n) is 9.38. The molecule has 0 atom stereocenters. The van der Waals surface area contributed by atoms with Gasteiger partial charge in [0.15, 0.2) is 0 Å². The maximum absolute atomic E-state index is 5.86. The first-order valence-corrected chi connectivity index (χ1v) is 9.38. The molecule has 4 nitrogen and oxygen atoms in total. The highest BCUT2D eigenvalue weighted by atomic mass is 16.3. The summed E-state index contributed by atoms with van der Waals surface area (Å²) in [5.41, 5.74) is 10.2. The Morgan fingerprint density at radius 3 is 1.85 bits per heavy atom. The smallest absolute Gasteiger partial charge is 0.134 e. The lowest BCUT2D eigenvalue weighted by atomic mass is 9.82. The highest BCUT2D eigenvalue weighted by Gasteiger charge is 2.30. The fourth-order valence-electron chi connectivity index (χ4n) is 4.49. The Balaban J connectivity index is 1.73. The Kier molecular flexibility index (Phi) is 3.09. The maximum atomic E-state index is 5.86. The number of nitrogens with zero attached hydrogens (tertiary/aromatic N) is 3. The van der Waals surface area contributed by atoms with Gasteiger partial charge in [0, 0.05) is 18.0 Å². The molecule has 0 saturated heterocycles. The van der Waals surface area contributed by atoms with Gasteiger partial charge < -0.3 is 4.42 Å². The molecule has 6 rings (SSSR count). The number of hydrogen-bond acceptors (Lipinski definition) is 4. The van der Waals surface area contributed by atoms with Gasteiger partial charge in [0.05, 0.1) is 29.0 Å². The molecule has 2 aliphatic carbocycles. The van der Waals surface area contributed by atoms with Crippen LogP contribution in [-0.4, -0.2) is 15.0 Å². The van der Waals surface area contributed by atoms with Crippen molar-refractivity contribution in [1.29, 1.82) is 0 Å². The Hall–Kier alpha value is -3.27. The second kappa shape index (κ2) is 5.61. The molecule has 4 aromatic heterocycles. The molecule has 0 amide bonds. The van der Waals surface area contributed by atoms with Crippen LogP contribution in [0.3, 0.4) is 0 Å². The van der Waals surface area contributed by atoms with Gasteiger partial charge in [-0.05, 0) is 72.2 Å². The van der Waals surface area contributed by atoms with E-state index >= 15 is 0 Å². The van der Waals surface area contributed by atoms with Gasteiger partial charge in [0.1, 0.15) is 5.76 Å². The predicted molar refractivity (Wildman–Crippen MR) is 103 cm³/mol. The maximum Gasteiger partial charge on any atom is 0.134 e. The van der Waals surface area contributed by atoms with Crippen molar-refractivity contribution < 1.29 is 4.42 Å². The number of pyridine rings is 3. The lowest BCUT2D eigenvalue weighted by Gasteiger charge is -2.27. The molecule has 130 valence electrons. The number of aryl methyl sites for hydroxylation is 2. The quantitative estimate of drug-likeness (QED) is 0.500. The first-order chi connectivity index (χ1) is 13.4. The summed E-state index contributed by atoms with van der Waals surface area (Å²) in [4.78, 5) is 14.5. The summed E-state index contributed by atoms with van der Waals surface area (Å²) in [6.07, 6.45) is 9.34. The van der Waals surface area contributed by atoms with Crippen LogP contribution in [0, 0.1) is 0 Å². The number of fused-ring (bicyclic) bond motifs is 6. The summed E-state index contributed by atoms with van der Waals surface area (Å²) in [6.45, 7) is 0. The van der Waals surface area contributed by atoms with Crippen molar-refractivity contribution >= 4 is 0 Å². The minimum absolute atomic E-state index is 0.920. The fraction of sp³-hybridized carbons (Fsp3) is 0.174. The largest absolute Gasteiger partial charge is 0.464 e. The molecule has 4 heteroatoms. The number of rotatable bonds is 1. The molecule has 0 spiro atoms. The average Bonchev–Trinajstić information content (AvgIpc) is 3.26. The highest BCUT2D eigenvalue weighted by molar-refractivity contribution is 5.84. The van der Waals surface area contributed by atoms with Gasteiger partial charge in [-0.25, -0.2) is 4.98 Å². The van der Waals surface area contributed by atoms with E-state index < -0.39 is 0 Å². The molecule has 0 saturated carbocycles. The monoisotopic (exact) mass is 351 g/mol. The summed E-state index contributed by atoms with van der Waals surface area (Å²) >= 11 is 0. The third-order valence-corrected chi connectivity index (χ3v) is 5.69. The van der Waals surface area contributed by atoms with Gasteiger partial charge in [0.25, 0.3) is 0 Å². The molecular weight excluding hydrogens is 334 g/mol. The summed E-state index contributed by atoms with van der Waals surface area (Å²) in [5.74, 6) is 0.920. The normalized spacial score (nSPS) is 14.1. The molecule has 0 N–H and O–H groups in total. The van der Waals surface area contributed by atoms with Crippen LogP contribution in [0.25, 0.3) is 34.1 Å². The van der Waals surface area contributed by atoms with Crippen molar-refractivity contribution in [2.45, 2.75) is 25.7 Å². The van der Waals surface area contributed by atoms with Crippen molar-refractivity contribution in [2.24, 2.45) is 0 Å². The van der Waals surface area contributed by atoms with E-state index in [2.05, 4.69) is 28.2 Å². The predicted octanol–water partition coefficient (Wildman–Crippen LogP) is 4.66. The second-order valence-corrected chi connectivity index (χ2v) is 7.14. The van der Waals surface area contributed by atoms with Crippen LogP contribution >= 0.6 is 0 Å². The van der Waals surface area contributed by atoms with Crippen LogP contribution in [0.1, 0.15) is 22.3 Å². The molecule has 2 aliphatic rings. The minimum atomic E-state index is 0.920. The number of furan rings is 1. The van der Waals surface area contributed by atoms with Gasteiger partial charge >= 0.3 is 0 Å². The van der Waals surface area contributed by atoms with Crippen LogP contribution < -0.4 is 0 Å². The third-order valence-electron chi connectivity index (χ3n) is 5.69. The van der Waals surface area contributed by atoms with Gasteiger partial charge in [-0.3, -0.25) is 9.97 Å². The van der Waals surface area contributed by atoms with E-state index in [1.54, 1.807) is 6.26 Å². The van der Waals surface area contributed by atoms with Crippen molar-refractivity contribution in [3.05, 3.63) is 77.3 Å². The van der Waals surface area contributed by atoms with Crippen molar-refractivity contribution in [2.75, 3.05) is 0 Å². The molecule has 4 heterocycles. The lowest BCUT2D eigenvalue weighted by Crippen LogP contribution is -2.15. The topological polar surface area (TPSA) is 51.8 Å². The summed E-state index contributed by atoms with van der Waals surface area (Å²) < 4.78 is 5.86. The van der Waals surface area contributed by atoms with Crippen LogP contribution in [0.2, 0.25) is 0 Å². The van der Waals surface area contributed by atoms with E-state index in [9.17, 15) is 0 Å². The van der Waals surface area contributed by atoms with Crippen molar-refractivity contribution in [1.82, 2.24) is 15.0 Å². The number of aromatic nitrogens is 3. The molecule has 0 unspecified atom stereocenters. The van der Waals surface area contributed by atoms with Crippen LogP contribution in [0.4, 0.5) is 0 Å². The van der Waals surface area contributed by atoms with Gasteiger partial charge in [-0.1, -0.05) is 12.1 Å². The highest BCUT2D eigenvalue weighted by Crippen LogP contribution is 2.44. The molecule has 0 bridgehead atoms. The van der Waals surface area contributed by atoms with Gasteiger partial charge in [0.2, 0.25) is 0 Å². The second-order valence-electron chi connectivity index (χ2n) is 7.14. The fourth-order valence-corrected chi connectivity index (χ4v) is 4.49. The van der Waals surface area contributed by atoms with Crippen molar-refractivity contribution in [3.63, 3.8) is 0 Å². The molecule has 0 fully saturated rings.